The number of Topliss-reactive ketones (excluding diaryl/α,β-unsaturated/α-hetero) is 1. The highest BCUT2D eigenvalue weighted by molar-refractivity contribution is 7.14. The van der Waals surface area contributed by atoms with E-state index in [0.717, 1.165) is 34.6 Å². The number of ketones is 1. The SMILES string of the molecule is COCCOc1ccc([C@H]2NC(=O)N([C@H](C(=O)Nc3nc(C(=O)C4CC4)cs3)[C@@H](C)c3ccccc3)C2=O)cc1. The van der Waals surface area contributed by atoms with Crippen LogP contribution in [0.1, 0.15) is 53.3 Å². The molecule has 2 N–H and O–H groups in total. The molecule has 1 aliphatic carbocycles. The maximum atomic E-state index is 13.7. The summed E-state index contributed by atoms with van der Waals surface area (Å²) in [6, 6.07) is 13.3. The second-order valence-electron chi connectivity index (χ2n) is 9.81. The van der Waals surface area contributed by atoms with Gasteiger partial charge in [0.1, 0.15) is 30.1 Å². The molecule has 2 aliphatic rings. The summed E-state index contributed by atoms with van der Waals surface area (Å²) in [5.74, 6) is -1.05. The Kier molecular flexibility index (Phi) is 8.22. The predicted octanol–water partition coefficient (Wildman–Crippen LogP) is 4.16. The van der Waals surface area contributed by atoms with E-state index in [0.29, 0.717) is 30.2 Å². The van der Waals surface area contributed by atoms with Crippen LogP contribution in [0, 0.1) is 5.92 Å². The number of carbonyl (C=O) groups is 4. The Morgan fingerprint density at radius 1 is 1.10 bits per heavy atom. The molecule has 0 unspecified atom stereocenters. The zero-order chi connectivity index (χ0) is 28.2. The number of hydrogen-bond donors (Lipinski definition) is 2. The summed E-state index contributed by atoms with van der Waals surface area (Å²) >= 11 is 1.14. The number of nitrogens with zero attached hydrogens (tertiary/aromatic N) is 2. The van der Waals surface area contributed by atoms with E-state index in [2.05, 4.69) is 15.6 Å². The van der Waals surface area contributed by atoms with E-state index >= 15 is 0 Å². The van der Waals surface area contributed by atoms with Gasteiger partial charge in [-0.3, -0.25) is 14.4 Å². The van der Waals surface area contributed by atoms with Crippen LogP contribution in [0.15, 0.2) is 60.0 Å². The van der Waals surface area contributed by atoms with Crippen LogP contribution < -0.4 is 15.4 Å². The van der Waals surface area contributed by atoms with Crippen molar-refractivity contribution in [2.45, 2.75) is 37.8 Å². The molecular formula is C29H30N4O6S. The number of hydrogen-bond acceptors (Lipinski definition) is 8. The third-order valence-electron chi connectivity index (χ3n) is 7.02. The van der Waals surface area contributed by atoms with Crippen molar-refractivity contribution in [1.29, 1.82) is 0 Å². The summed E-state index contributed by atoms with van der Waals surface area (Å²) in [7, 11) is 1.59. The molecule has 11 heteroatoms. The number of urea groups is 1. The first kappa shape index (κ1) is 27.5. The molecule has 40 heavy (non-hydrogen) atoms. The lowest BCUT2D eigenvalue weighted by Crippen LogP contribution is -2.50. The third-order valence-corrected chi connectivity index (χ3v) is 7.78. The lowest BCUT2D eigenvalue weighted by atomic mass is 9.91. The normalized spacial score (nSPS) is 18.2. The van der Waals surface area contributed by atoms with Crippen molar-refractivity contribution in [3.8, 4) is 5.75 Å². The lowest BCUT2D eigenvalue weighted by Gasteiger charge is -2.29. The number of rotatable bonds is 12. The summed E-state index contributed by atoms with van der Waals surface area (Å²) < 4.78 is 10.6. The molecular weight excluding hydrogens is 532 g/mol. The minimum atomic E-state index is -1.16. The van der Waals surface area contributed by atoms with Gasteiger partial charge in [-0.2, -0.15) is 0 Å². The highest BCUT2D eigenvalue weighted by Crippen LogP contribution is 2.34. The van der Waals surface area contributed by atoms with Crippen molar-refractivity contribution in [2.75, 3.05) is 25.6 Å². The number of ether oxygens (including phenoxy) is 2. The van der Waals surface area contributed by atoms with E-state index in [1.165, 1.54) is 0 Å². The Morgan fingerprint density at radius 3 is 2.50 bits per heavy atom. The zero-order valence-corrected chi connectivity index (χ0v) is 23.0. The van der Waals surface area contributed by atoms with Gasteiger partial charge in [0, 0.05) is 24.3 Å². The van der Waals surface area contributed by atoms with Gasteiger partial charge in [-0.1, -0.05) is 49.4 Å². The van der Waals surface area contributed by atoms with Gasteiger partial charge < -0.3 is 20.1 Å². The quantitative estimate of drug-likeness (QED) is 0.193. The van der Waals surface area contributed by atoms with Crippen molar-refractivity contribution >= 4 is 40.1 Å². The number of imide groups is 1. The fourth-order valence-corrected chi connectivity index (χ4v) is 5.37. The van der Waals surface area contributed by atoms with Gasteiger partial charge in [0.2, 0.25) is 5.91 Å². The first-order chi connectivity index (χ1) is 19.4. The second-order valence-corrected chi connectivity index (χ2v) is 10.7. The van der Waals surface area contributed by atoms with Gasteiger partial charge in [-0.25, -0.2) is 14.7 Å². The second kappa shape index (κ2) is 12.0. The van der Waals surface area contributed by atoms with Crippen LogP contribution in [-0.2, 0) is 14.3 Å². The van der Waals surface area contributed by atoms with Crippen LogP contribution in [0.5, 0.6) is 5.75 Å². The molecule has 3 aromatic rings. The molecule has 4 amide bonds. The van der Waals surface area contributed by atoms with E-state index in [4.69, 9.17) is 9.47 Å². The lowest BCUT2D eigenvalue weighted by molar-refractivity contribution is -0.134. The standard InChI is InChI=1S/C29H30N4O6S/c1-17(18-6-4-3-5-7-18)24(26(35)32-28-30-22(16-40-28)25(34)20-8-9-20)33-27(36)23(31-29(33)37)19-10-12-21(13-11-19)39-15-14-38-2/h3-7,10-13,16-17,20,23-24H,8-9,14-15H2,1-2H3,(H,31,37)(H,30,32,35)/t17-,23+,24-/m0/s1. The molecule has 0 radical (unpaired) electrons. The molecule has 1 aromatic heterocycles. The first-order valence-corrected chi connectivity index (χ1v) is 14.0. The van der Waals surface area contributed by atoms with Crippen LogP contribution in [-0.4, -0.2) is 59.9 Å². The van der Waals surface area contributed by atoms with Crippen molar-refractivity contribution in [3.63, 3.8) is 0 Å². The molecule has 10 nitrogen and oxygen atoms in total. The van der Waals surface area contributed by atoms with Gasteiger partial charge in [0.15, 0.2) is 10.9 Å². The Hall–Kier alpha value is -4.09. The number of carbonyl (C=O) groups excluding carboxylic acids is 4. The number of thiazole rings is 1. The van der Waals surface area contributed by atoms with Crippen LogP contribution in [0.4, 0.5) is 9.93 Å². The Bertz CT molecular complexity index is 1390. The third kappa shape index (κ3) is 5.90. The number of aromatic nitrogens is 1. The highest BCUT2D eigenvalue weighted by Gasteiger charge is 2.47. The number of nitrogens with one attached hydrogen (secondary N) is 2. The Balaban J connectivity index is 1.38. The molecule has 5 rings (SSSR count). The fourth-order valence-electron chi connectivity index (χ4n) is 4.67. The fraction of sp³-hybridized carbons (Fsp3) is 0.345. The molecule has 0 spiro atoms. The molecule has 2 fully saturated rings. The van der Waals surface area contributed by atoms with Gasteiger partial charge in [-0.15, -0.1) is 11.3 Å². The molecule has 3 atom stereocenters. The summed E-state index contributed by atoms with van der Waals surface area (Å²) in [4.78, 5) is 58.3. The molecule has 1 saturated heterocycles. The molecule has 1 saturated carbocycles. The van der Waals surface area contributed by atoms with E-state index in [1.54, 1.807) is 43.7 Å². The number of amides is 4. The van der Waals surface area contributed by atoms with Crippen LogP contribution >= 0.6 is 11.3 Å². The number of anilines is 1. The van der Waals surface area contributed by atoms with E-state index in [1.807, 2.05) is 30.3 Å². The zero-order valence-electron chi connectivity index (χ0n) is 22.2. The Morgan fingerprint density at radius 2 is 1.82 bits per heavy atom. The minimum absolute atomic E-state index is 0.00494. The molecule has 1 aliphatic heterocycles. The van der Waals surface area contributed by atoms with E-state index < -0.39 is 35.8 Å². The van der Waals surface area contributed by atoms with Crippen molar-refractivity contribution in [1.82, 2.24) is 15.2 Å². The van der Waals surface area contributed by atoms with E-state index in [-0.39, 0.29) is 16.8 Å². The Labute approximate surface area is 235 Å². The average Bonchev–Trinajstić information content (AvgIpc) is 3.65. The maximum Gasteiger partial charge on any atom is 0.325 e. The first-order valence-electron chi connectivity index (χ1n) is 13.1. The predicted molar refractivity (Wildman–Crippen MR) is 148 cm³/mol. The van der Waals surface area contributed by atoms with Gasteiger partial charge in [0.25, 0.3) is 5.91 Å². The molecule has 208 valence electrons. The number of methoxy groups -OCH3 is 1. The van der Waals surface area contributed by atoms with Crippen LogP contribution in [0.2, 0.25) is 0 Å². The molecule has 0 bridgehead atoms. The van der Waals surface area contributed by atoms with E-state index in [9.17, 15) is 19.2 Å². The summed E-state index contributed by atoms with van der Waals surface area (Å²) in [6.45, 7) is 2.62. The summed E-state index contributed by atoms with van der Waals surface area (Å²) in [5, 5.41) is 7.34. The smallest absolute Gasteiger partial charge is 0.325 e. The maximum absolute atomic E-state index is 13.7. The monoisotopic (exact) mass is 562 g/mol. The molecule has 2 heterocycles. The van der Waals surface area contributed by atoms with Crippen LogP contribution in [0.3, 0.4) is 0 Å². The summed E-state index contributed by atoms with van der Waals surface area (Å²) in [5.41, 5.74) is 1.67. The van der Waals surface area contributed by atoms with Crippen molar-refractivity contribution in [2.24, 2.45) is 5.92 Å². The summed E-state index contributed by atoms with van der Waals surface area (Å²) in [6.07, 6.45) is 1.71. The van der Waals surface area contributed by atoms with Crippen LogP contribution in [0.25, 0.3) is 0 Å². The van der Waals surface area contributed by atoms with Crippen molar-refractivity contribution in [3.05, 3.63) is 76.8 Å². The van der Waals surface area contributed by atoms with Gasteiger partial charge >= 0.3 is 6.03 Å². The number of benzene rings is 2. The highest BCUT2D eigenvalue weighted by atomic mass is 32.1. The van der Waals surface area contributed by atoms with Crippen molar-refractivity contribution < 1.29 is 28.7 Å². The van der Waals surface area contributed by atoms with Gasteiger partial charge in [-0.05, 0) is 36.1 Å². The average molecular weight is 563 g/mol. The molecule has 2 aromatic carbocycles. The minimum Gasteiger partial charge on any atom is -0.491 e. The largest absolute Gasteiger partial charge is 0.491 e. The van der Waals surface area contributed by atoms with Gasteiger partial charge in [0.05, 0.1) is 6.61 Å². The topological polar surface area (TPSA) is 127 Å².